The minimum atomic E-state index is -0.920. The van der Waals surface area contributed by atoms with E-state index >= 15 is 0 Å². The number of benzene rings is 1. The van der Waals surface area contributed by atoms with Gasteiger partial charge >= 0.3 is 5.97 Å². The Balaban J connectivity index is 2.16. The molecule has 0 saturated heterocycles. The predicted octanol–water partition coefficient (Wildman–Crippen LogP) is 2.30. The van der Waals surface area contributed by atoms with Crippen LogP contribution in [0.15, 0.2) is 41.5 Å². The lowest BCUT2D eigenvalue weighted by atomic mass is 10.2. The summed E-state index contributed by atoms with van der Waals surface area (Å²) >= 11 is 0. The second-order valence-corrected chi connectivity index (χ2v) is 3.93. The molecule has 4 heteroatoms. The Kier molecular flexibility index (Phi) is 2.08. The van der Waals surface area contributed by atoms with E-state index in [4.69, 9.17) is 5.11 Å². The highest BCUT2D eigenvalue weighted by Crippen LogP contribution is 2.24. The van der Waals surface area contributed by atoms with Gasteiger partial charge in [-0.25, -0.2) is 4.79 Å². The van der Waals surface area contributed by atoms with Crippen molar-refractivity contribution in [3.63, 3.8) is 0 Å². The van der Waals surface area contributed by atoms with Crippen LogP contribution in [0.1, 0.15) is 21.6 Å². The quantitative estimate of drug-likeness (QED) is 0.692. The van der Waals surface area contributed by atoms with Gasteiger partial charge < -0.3 is 9.67 Å². The van der Waals surface area contributed by atoms with Crippen LogP contribution >= 0.6 is 0 Å². The molecule has 1 aromatic heterocycles. The van der Waals surface area contributed by atoms with E-state index in [0.717, 1.165) is 11.3 Å². The van der Waals surface area contributed by atoms with Crippen LogP contribution in [0.2, 0.25) is 0 Å². The van der Waals surface area contributed by atoms with Gasteiger partial charge in [0.05, 0.1) is 23.2 Å². The van der Waals surface area contributed by atoms with Crippen molar-refractivity contribution in [1.29, 1.82) is 0 Å². The number of para-hydroxylation sites is 1. The lowest BCUT2D eigenvalue weighted by molar-refractivity contribution is 0.0696. The van der Waals surface area contributed by atoms with Crippen LogP contribution < -0.4 is 0 Å². The van der Waals surface area contributed by atoms with E-state index in [2.05, 4.69) is 4.99 Å². The van der Waals surface area contributed by atoms with Crippen LogP contribution in [-0.4, -0.2) is 21.9 Å². The van der Waals surface area contributed by atoms with E-state index in [-0.39, 0.29) is 0 Å². The number of carboxylic acids is 1. The van der Waals surface area contributed by atoms with Gasteiger partial charge in [-0.15, -0.1) is 0 Å². The minimum absolute atomic E-state index is 0.293. The average molecular weight is 226 g/mol. The number of aliphatic imine (C=N–C) groups is 1. The normalized spacial score (nSPS) is 12.7. The van der Waals surface area contributed by atoms with Gasteiger partial charge in [0, 0.05) is 12.7 Å². The molecule has 0 bridgehead atoms. The summed E-state index contributed by atoms with van der Waals surface area (Å²) in [4.78, 5) is 15.4. The fourth-order valence-corrected chi connectivity index (χ4v) is 2.03. The Bertz CT molecular complexity index is 626. The number of carboxylic acid groups (broad SMARTS) is 1. The molecule has 0 aliphatic carbocycles. The van der Waals surface area contributed by atoms with Crippen LogP contribution in [0.5, 0.6) is 0 Å². The fraction of sp³-hybridized carbons (Fsp3) is 0.0769. The molecule has 0 atom stereocenters. The summed E-state index contributed by atoms with van der Waals surface area (Å²) in [5.74, 6) is -0.920. The molecule has 2 heterocycles. The first-order valence-corrected chi connectivity index (χ1v) is 5.30. The number of rotatable bonds is 1. The Labute approximate surface area is 97.8 Å². The zero-order valence-corrected chi connectivity index (χ0v) is 9.00. The van der Waals surface area contributed by atoms with Gasteiger partial charge in [0.1, 0.15) is 0 Å². The predicted molar refractivity (Wildman–Crippen MR) is 64.2 cm³/mol. The van der Waals surface area contributed by atoms with Gasteiger partial charge in [-0.05, 0) is 17.7 Å². The zero-order chi connectivity index (χ0) is 11.8. The van der Waals surface area contributed by atoms with Crippen molar-refractivity contribution in [2.24, 2.45) is 4.99 Å². The number of hydrogen-bond donors (Lipinski definition) is 1. The lowest BCUT2D eigenvalue weighted by Gasteiger charge is -2.05. The van der Waals surface area contributed by atoms with Crippen LogP contribution in [0, 0.1) is 0 Å². The highest BCUT2D eigenvalue weighted by Gasteiger charge is 2.16. The summed E-state index contributed by atoms with van der Waals surface area (Å²) in [6.07, 6.45) is 3.40. The smallest absolute Gasteiger partial charge is 0.337 e. The Morgan fingerprint density at radius 1 is 1.29 bits per heavy atom. The molecule has 1 aliphatic rings. The van der Waals surface area contributed by atoms with Crippen LogP contribution in [0.25, 0.3) is 0 Å². The van der Waals surface area contributed by atoms with Crippen LogP contribution in [0.3, 0.4) is 0 Å². The molecule has 0 radical (unpaired) electrons. The first kappa shape index (κ1) is 9.84. The van der Waals surface area contributed by atoms with E-state index in [1.807, 2.05) is 28.8 Å². The van der Waals surface area contributed by atoms with E-state index in [0.29, 0.717) is 17.8 Å². The third-order valence-corrected chi connectivity index (χ3v) is 2.90. The molecule has 0 saturated carbocycles. The maximum absolute atomic E-state index is 11.0. The van der Waals surface area contributed by atoms with E-state index < -0.39 is 5.97 Å². The second kappa shape index (κ2) is 3.59. The van der Waals surface area contributed by atoms with Gasteiger partial charge in [0.15, 0.2) is 0 Å². The third-order valence-electron chi connectivity index (χ3n) is 2.90. The molecule has 1 aliphatic heterocycles. The highest BCUT2D eigenvalue weighted by atomic mass is 16.4. The molecule has 0 unspecified atom stereocenters. The third kappa shape index (κ3) is 1.54. The van der Waals surface area contributed by atoms with Gasteiger partial charge in [-0.3, -0.25) is 4.99 Å². The van der Waals surface area contributed by atoms with Crippen molar-refractivity contribution < 1.29 is 9.90 Å². The first-order chi connectivity index (χ1) is 8.25. The summed E-state index contributed by atoms with van der Waals surface area (Å²) in [5, 5.41) is 9.06. The summed E-state index contributed by atoms with van der Waals surface area (Å²) in [5.41, 5.74) is 2.93. The molecule has 0 spiro atoms. The average Bonchev–Trinajstić information content (AvgIpc) is 2.63. The molecule has 17 heavy (non-hydrogen) atoms. The maximum atomic E-state index is 11.0. The number of hydrogen-bond acceptors (Lipinski definition) is 2. The van der Waals surface area contributed by atoms with Crippen molar-refractivity contribution in [2.75, 3.05) is 0 Å². The SMILES string of the molecule is O=C(O)c1ccn2c1C=Nc1ccccc1C2. The molecule has 0 fully saturated rings. The summed E-state index contributed by atoms with van der Waals surface area (Å²) in [7, 11) is 0. The van der Waals surface area contributed by atoms with Crippen molar-refractivity contribution in [1.82, 2.24) is 4.57 Å². The summed E-state index contributed by atoms with van der Waals surface area (Å²) < 4.78 is 1.90. The molecular formula is C13H10N2O2. The van der Waals surface area contributed by atoms with Gasteiger partial charge in [-0.2, -0.15) is 0 Å². The number of aromatic carboxylic acids is 1. The molecule has 1 aromatic carbocycles. The van der Waals surface area contributed by atoms with Crippen LogP contribution in [-0.2, 0) is 6.54 Å². The lowest BCUT2D eigenvalue weighted by Crippen LogP contribution is -2.05. The Hall–Kier alpha value is -2.36. The standard InChI is InChI=1S/C13H10N2O2/c16-13(17)10-5-6-15-8-9-3-1-2-4-11(9)14-7-12(10)15/h1-7H,8H2,(H,16,17). The van der Waals surface area contributed by atoms with Gasteiger partial charge in [0.2, 0.25) is 0 Å². The number of aromatic nitrogens is 1. The maximum Gasteiger partial charge on any atom is 0.337 e. The molecular weight excluding hydrogens is 216 g/mol. The summed E-state index contributed by atoms with van der Waals surface area (Å²) in [6.45, 7) is 0.652. The van der Waals surface area contributed by atoms with E-state index in [1.165, 1.54) is 0 Å². The van der Waals surface area contributed by atoms with Crippen molar-refractivity contribution in [3.05, 3.63) is 53.3 Å². The monoisotopic (exact) mass is 226 g/mol. The minimum Gasteiger partial charge on any atom is -0.478 e. The van der Waals surface area contributed by atoms with Crippen LogP contribution in [0.4, 0.5) is 5.69 Å². The highest BCUT2D eigenvalue weighted by molar-refractivity contribution is 5.98. The fourth-order valence-electron chi connectivity index (χ4n) is 2.03. The molecule has 84 valence electrons. The second-order valence-electron chi connectivity index (χ2n) is 3.93. The molecule has 3 rings (SSSR count). The number of fused-ring (bicyclic) bond motifs is 2. The number of nitrogens with zero attached hydrogens (tertiary/aromatic N) is 2. The van der Waals surface area contributed by atoms with Crippen molar-refractivity contribution in [3.8, 4) is 0 Å². The molecule has 0 amide bonds. The number of carbonyl (C=O) groups is 1. The van der Waals surface area contributed by atoms with E-state index in [1.54, 1.807) is 18.5 Å². The Morgan fingerprint density at radius 2 is 2.12 bits per heavy atom. The largest absolute Gasteiger partial charge is 0.478 e. The first-order valence-electron chi connectivity index (χ1n) is 5.30. The molecule has 2 aromatic rings. The van der Waals surface area contributed by atoms with E-state index in [9.17, 15) is 4.79 Å². The molecule has 1 N–H and O–H groups in total. The topological polar surface area (TPSA) is 54.6 Å². The van der Waals surface area contributed by atoms with Crippen molar-refractivity contribution >= 4 is 17.9 Å². The van der Waals surface area contributed by atoms with Gasteiger partial charge in [0.25, 0.3) is 0 Å². The summed E-state index contributed by atoms with van der Waals surface area (Å²) in [6, 6.07) is 9.43. The molecule has 4 nitrogen and oxygen atoms in total. The van der Waals surface area contributed by atoms with Crippen molar-refractivity contribution in [2.45, 2.75) is 6.54 Å². The Morgan fingerprint density at radius 3 is 2.94 bits per heavy atom. The zero-order valence-electron chi connectivity index (χ0n) is 9.00. The van der Waals surface area contributed by atoms with Gasteiger partial charge in [-0.1, -0.05) is 18.2 Å².